The molecule has 26 heavy (non-hydrogen) atoms. The highest BCUT2D eigenvalue weighted by Crippen LogP contribution is 2.35. The molecule has 0 amide bonds. The third-order valence-electron chi connectivity index (χ3n) is 4.67. The van der Waals surface area contributed by atoms with Crippen molar-refractivity contribution < 1.29 is 13.2 Å². The van der Waals surface area contributed by atoms with Gasteiger partial charge in [0.2, 0.25) is 0 Å². The second kappa shape index (κ2) is 9.24. The lowest BCUT2D eigenvalue weighted by atomic mass is 9.92. The van der Waals surface area contributed by atoms with Gasteiger partial charge in [-0.15, -0.1) is 0 Å². The molecule has 0 radical (unpaired) electrons. The molecule has 2 aromatic rings. The van der Waals surface area contributed by atoms with Gasteiger partial charge >= 0.3 is 6.18 Å². The Morgan fingerprint density at radius 3 is 2.31 bits per heavy atom. The first-order valence-electron chi connectivity index (χ1n) is 9.52. The Kier molecular flexibility index (Phi) is 7.29. The summed E-state index contributed by atoms with van der Waals surface area (Å²) in [6.45, 7) is 4.26. The number of unbranched alkanes of at least 4 members (excludes halogenated alkanes) is 4. The van der Waals surface area contributed by atoms with Crippen molar-refractivity contribution in [3.05, 3.63) is 30.0 Å². The number of imidazole rings is 1. The molecule has 0 aliphatic rings. The van der Waals surface area contributed by atoms with E-state index < -0.39 is 11.9 Å². The van der Waals surface area contributed by atoms with E-state index in [-0.39, 0.29) is 5.92 Å². The number of hydrogen-bond donors (Lipinski definition) is 0. The standard InChI is InChI=1S/C19H29F3N4/c1-4-6-8-9-11-15(10-7-5-2)16-12-17(19(20,21)22)24-26(16)18-13-25(3)14-23-18/h12-15H,4-11H2,1-3H3. The van der Waals surface area contributed by atoms with Crippen LogP contribution in [0, 0.1) is 0 Å². The molecule has 2 heterocycles. The van der Waals surface area contributed by atoms with Crippen LogP contribution in [-0.4, -0.2) is 19.3 Å². The van der Waals surface area contributed by atoms with Crippen LogP contribution in [0.25, 0.3) is 5.82 Å². The molecular weight excluding hydrogens is 341 g/mol. The first-order valence-corrected chi connectivity index (χ1v) is 9.52. The van der Waals surface area contributed by atoms with E-state index in [1.165, 1.54) is 10.7 Å². The number of aromatic nitrogens is 4. The molecule has 0 saturated carbocycles. The third-order valence-corrected chi connectivity index (χ3v) is 4.67. The Morgan fingerprint density at radius 1 is 1.04 bits per heavy atom. The molecule has 4 nitrogen and oxygen atoms in total. The molecule has 0 aliphatic heterocycles. The molecule has 7 heteroatoms. The monoisotopic (exact) mass is 370 g/mol. The van der Waals surface area contributed by atoms with Gasteiger partial charge in [-0.25, -0.2) is 9.67 Å². The number of rotatable bonds is 10. The maximum Gasteiger partial charge on any atom is 0.435 e. The van der Waals surface area contributed by atoms with Crippen LogP contribution in [-0.2, 0) is 13.2 Å². The van der Waals surface area contributed by atoms with Gasteiger partial charge in [-0.1, -0.05) is 52.4 Å². The maximum atomic E-state index is 13.3. The van der Waals surface area contributed by atoms with Crippen molar-refractivity contribution in [1.82, 2.24) is 19.3 Å². The van der Waals surface area contributed by atoms with Gasteiger partial charge in [0, 0.05) is 24.9 Å². The third kappa shape index (κ3) is 5.35. The number of halogens is 3. The van der Waals surface area contributed by atoms with E-state index in [2.05, 4.69) is 23.9 Å². The summed E-state index contributed by atoms with van der Waals surface area (Å²) in [6, 6.07) is 1.22. The Bertz CT molecular complexity index is 673. The fourth-order valence-electron chi connectivity index (χ4n) is 3.22. The summed E-state index contributed by atoms with van der Waals surface area (Å²) >= 11 is 0. The minimum Gasteiger partial charge on any atom is -0.338 e. The number of hydrogen-bond acceptors (Lipinski definition) is 2. The molecule has 0 fully saturated rings. The molecule has 0 aliphatic carbocycles. The fourth-order valence-corrected chi connectivity index (χ4v) is 3.22. The van der Waals surface area contributed by atoms with Crippen LogP contribution in [0.1, 0.15) is 82.5 Å². The van der Waals surface area contributed by atoms with Crippen LogP contribution < -0.4 is 0 Å². The van der Waals surface area contributed by atoms with Crippen LogP contribution in [0.15, 0.2) is 18.6 Å². The summed E-state index contributed by atoms with van der Waals surface area (Å²) in [4.78, 5) is 4.21. The van der Waals surface area contributed by atoms with Crippen molar-refractivity contribution in [1.29, 1.82) is 0 Å². The topological polar surface area (TPSA) is 35.6 Å². The Hall–Kier alpha value is -1.79. The lowest BCUT2D eigenvalue weighted by Crippen LogP contribution is -2.10. The summed E-state index contributed by atoms with van der Waals surface area (Å²) in [5.41, 5.74) is -0.214. The highest BCUT2D eigenvalue weighted by atomic mass is 19.4. The number of aryl methyl sites for hydroxylation is 1. The molecule has 0 aromatic carbocycles. The number of nitrogens with zero attached hydrogens (tertiary/aromatic N) is 4. The molecular formula is C19H29F3N4. The molecule has 146 valence electrons. The average molecular weight is 370 g/mol. The Labute approximate surface area is 153 Å². The van der Waals surface area contributed by atoms with Gasteiger partial charge < -0.3 is 4.57 Å². The molecule has 2 aromatic heterocycles. The first-order chi connectivity index (χ1) is 12.4. The van der Waals surface area contributed by atoms with Crippen LogP contribution in [0.2, 0.25) is 0 Å². The highest BCUT2D eigenvalue weighted by Gasteiger charge is 2.36. The van der Waals surface area contributed by atoms with Crippen molar-refractivity contribution in [2.24, 2.45) is 7.05 Å². The van der Waals surface area contributed by atoms with Gasteiger partial charge in [-0.05, 0) is 18.9 Å². The molecule has 0 spiro atoms. The van der Waals surface area contributed by atoms with Gasteiger partial charge in [-0.3, -0.25) is 0 Å². The highest BCUT2D eigenvalue weighted by molar-refractivity contribution is 5.27. The van der Waals surface area contributed by atoms with Crippen molar-refractivity contribution in [3.8, 4) is 5.82 Å². The summed E-state index contributed by atoms with van der Waals surface area (Å²) < 4.78 is 42.9. The zero-order valence-electron chi connectivity index (χ0n) is 15.9. The SMILES string of the molecule is CCCCCCC(CCCC)c1cc(C(F)(F)F)nn1-c1cn(C)cn1. The normalized spacial score (nSPS) is 13.3. The van der Waals surface area contributed by atoms with Crippen molar-refractivity contribution in [2.75, 3.05) is 0 Å². The summed E-state index contributed by atoms with van der Waals surface area (Å²) in [7, 11) is 1.80. The van der Waals surface area contributed by atoms with Gasteiger partial charge in [-0.2, -0.15) is 18.3 Å². The van der Waals surface area contributed by atoms with E-state index in [4.69, 9.17) is 0 Å². The summed E-state index contributed by atoms with van der Waals surface area (Å²) in [5, 5.41) is 3.85. The first kappa shape index (κ1) is 20.5. The van der Waals surface area contributed by atoms with Crippen LogP contribution >= 0.6 is 0 Å². The minimum absolute atomic E-state index is 0.0670. The van der Waals surface area contributed by atoms with Crippen molar-refractivity contribution >= 4 is 0 Å². The summed E-state index contributed by atoms with van der Waals surface area (Å²) in [5.74, 6) is 0.505. The molecule has 1 unspecified atom stereocenters. The quantitative estimate of drug-likeness (QED) is 0.490. The van der Waals surface area contributed by atoms with Crippen molar-refractivity contribution in [3.63, 3.8) is 0 Å². The number of alkyl halides is 3. The van der Waals surface area contributed by atoms with Gasteiger partial charge in [0.25, 0.3) is 0 Å². The maximum absolute atomic E-state index is 13.3. The van der Waals surface area contributed by atoms with E-state index in [1.54, 1.807) is 24.1 Å². The van der Waals surface area contributed by atoms with E-state index in [0.29, 0.717) is 11.5 Å². The van der Waals surface area contributed by atoms with E-state index >= 15 is 0 Å². The molecule has 0 bridgehead atoms. The average Bonchev–Trinajstić information content (AvgIpc) is 3.20. The zero-order valence-corrected chi connectivity index (χ0v) is 15.9. The molecule has 0 saturated heterocycles. The van der Waals surface area contributed by atoms with Gasteiger partial charge in [0.15, 0.2) is 11.5 Å². The lowest BCUT2D eigenvalue weighted by Gasteiger charge is -2.17. The van der Waals surface area contributed by atoms with E-state index in [0.717, 1.165) is 51.4 Å². The van der Waals surface area contributed by atoms with Crippen LogP contribution in [0.3, 0.4) is 0 Å². The smallest absolute Gasteiger partial charge is 0.338 e. The minimum atomic E-state index is -4.45. The van der Waals surface area contributed by atoms with Gasteiger partial charge in [0.1, 0.15) is 0 Å². The van der Waals surface area contributed by atoms with Crippen LogP contribution in [0.5, 0.6) is 0 Å². The predicted molar refractivity (Wildman–Crippen MR) is 96.4 cm³/mol. The van der Waals surface area contributed by atoms with Gasteiger partial charge in [0.05, 0.1) is 6.33 Å². The molecule has 1 atom stereocenters. The lowest BCUT2D eigenvalue weighted by molar-refractivity contribution is -0.141. The molecule has 2 rings (SSSR count). The summed E-state index contributed by atoms with van der Waals surface area (Å²) in [6.07, 6.45) is 7.04. The zero-order chi connectivity index (χ0) is 19.2. The van der Waals surface area contributed by atoms with Crippen molar-refractivity contribution in [2.45, 2.75) is 77.3 Å². The second-order valence-corrected chi connectivity index (χ2v) is 6.95. The molecule has 0 N–H and O–H groups in total. The predicted octanol–water partition coefficient (Wildman–Crippen LogP) is 5.87. The van der Waals surface area contributed by atoms with Crippen LogP contribution in [0.4, 0.5) is 13.2 Å². The fraction of sp³-hybridized carbons (Fsp3) is 0.684. The Balaban J connectivity index is 2.35. The van der Waals surface area contributed by atoms with E-state index in [1.807, 2.05) is 0 Å². The second-order valence-electron chi connectivity index (χ2n) is 6.95. The Morgan fingerprint density at radius 2 is 1.73 bits per heavy atom. The largest absolute Gasteiger partial charge is 0.435 e. The van der Waals surface area contributed by atoms with E-state index in [9.17, 15) is 13.2 Å².